The van der Waals surface area contributed by atoms with E-state index < -0.39 is 16.5 Å². The smallest absolute Gasteiger partial charge is 0.374 e. The molecule has 0 fully saturated rings. The minimum Gasteiger partial charge on any atom is -0.433 e. The van der Waals surface area contributed by atoms with E-state index in [2.05, 4.69) is 20.8 Å². The van der Waals surface area contributed by atoms with E-state index in [1.807, 2.05) is 30.3 Å². The van der Waals surface area contributed by atoms with Crippen LogP contribution in [0.2, 0.25) is 5.02 Å². The van der Waals surface area contributed by atoms with Crippen LogP contribution in [0.5, 0.6) is 11.6 Å². The molecule has 2 N–H and O–H groups in total. The molecule has 0 bridgehead atoms. The van der Waals surface area contributed by atoms with Gasteiger partial charge in [-0.1, -0.05) is 54.1 Å². The molecule has 10 heteroatoms. The maximum Gasteiger partial charge on any atom is 0.374 e. The maximum absolute atomic E-state index is 12.3. The van der Waals surface area contributed by atoms with E-state index in [0.717, 1.165) is 17.1 Å². The molecule has 4 aromatic rings. The molecule has 1 aromatic heterocycles. The number of amides is 1. The van der Waals surface area contributed by atoms with Crippen molar-refractivity contribution in [2.75, 3.05) is 5.43 Å². The second-order valence-corrected chi connectivity index (χ2v) is 6.74. The summed E-state index contributed by atoms with van der Waals surface area (Å²) in [7, 11) is 0. The minimum atomic E-state index is -0.686. The normalized spacial score (nSPS) is 10.5. The third-order valence-corrected chi connectivity index (χ3v) is 4.54. The van der Waals surface area contributed by atoms with Crippen molar-refractivity contribution in [3.63, 3.8) is 0 Å². The van der Waals surface area contributed by atoms with Gasteiger partial charge in [-0.15, -0.1) is 0 Å². The second kappa shape index (κ2) is 8.64. The van der Waals surface area contributed by atoms with Crippen LogP contribution in [0.15, 0.2) is 73.1 Å². The van der Waals surface area contributed by atoms with E-state index >= 15 is 0 Å². The van der Waals surface area contributed by atoms with Crippen LogP contribution in [0, 0.1) is 10.1 Å². The molecule has 0 spiro atoms. The number of anilines is 1. The van der Waals surface area contributed by atoms with Gasteiger partial charge in [0.1, 0.15) is 12.1 Å². The molecular weight excluding hydrogens is 422 g/mol. The number of hydrogen-bond acceptors (Lipinski definition) is 7. The van der Waals surface area contributed by atoms with Gasteiger partial charge in [-0.25, -0.2) is 4.98 Å². The van der Waals surface area contributed by atoms with Crippen molar-refractivity contribution in [2.24, 2.45) is 0 Å². The van der Waals surface area contributed by atoms with Gasteiger partial charge >= 0.3 is 11.6 Å². The van der Waals surface area contributed by atoms with E-state index in [1.165, 1.54) is 6.07 Å². The molecule has 1 heterocycles. The Morgan fingerprint density at radius 1 is 1.03 bits per heavy atom. The summed E-state index contributed by atoms with van der Waals surface area (Å²) < 4.78 is 5.77. The number of fused-ring (bicyclic) bond motifs is 1. The van der Waals surface area contributed by atoms with Gasteiger partial charge < -0.3 is 4.74 Å². The molecule has 1 amide bonds. The Hall–Kier alpha value is -4.24. The highest BCUT2D eigenvalue weighted by Crippen LogP contribution is 2.36. The van der Waals surface area contributed by atoms with Gasteiger partial charge in [0.2, 0.25) is 5.82 Å². The van der Waals surface area contributed by atoms with Crippen molar-refractivity contribution < 1.29 is 14.5 Å². The third kappa shape index (κ3) is 4.36. The number of nitrogens with one attached hydrogen (secondary N) is 2. The van der Waals surface area contributed by atoms with Crippen LogP contribution in [-0.4, -0.2) is 20.8 Å². The standard InChI is InChI=1S/C21H14ClN5O4/c22-15-8-3-7-14(11-15)20(28)26-25-19-18(27(29)30)21(24-12-23-19)31-17-10-4-6-13-5-1-2-9-16(13)17/h1-12H,(H,26,28)(H,23,24,25). The SMILES string of the molecule is O=C(NNc1ncnc(Oc2cccc3ccccc23)c1[N+](=O)[O-])c1cccc(Cl)c1. The number of aromatic nitrogens is 2. The highest BCUT2D eigenvalue weighted by atomic mass is 35.5. The fraction of sp³-hybridized carbons (Fsp3) is 0. The Kier molecular flexibility index (Phi) is 5.59. The van der Waals surface area contributed by atoms with Crippen molar-refractivity contribution in [1.82, 2.24) is 15.4 Å². The Bertz CT molecular complexity index is 1290. The number of nitro groups is 1. The largest absolute Gasteiger partial charge is 0.433 e. The lowest BCUT2D eigenvalue weighted by atomic mass is 10.1. The Morgan fingerprint density at radius 3 is 2.61 bits per heavy atom. The summed E-state index contributed by atoms with van der Waals surface area (Å²) in [5.74, 6) is -0.651. The average molecular weight is 436 g/mol. The lowest BCUT2D eigenvalue weighted by Crippen LogP contribution is -2.30. The van der Waals surface area contributed by atoms with Gasteiger partial charge in [0.05, 0.1) is 4.92 Å². The highest BCUT2D eigenvalue weighted by molar-refractivity contribution is 6.30. The zero-order valence-corrected chi connectivity index (χ0v) is 16.5. The summed E-state index contributed by atoms with van der Waals surface area (Å²) in [6.07, 6.45) is 1.10. The molecule has 0 saturated heterocycles. The molecule has 0 atom stereocenters. The molecule has 31 heavy (non-hydrogen) atoms. The molecular formula is C21H14ClN5O4. The van der Waals surface area contributed by atoms with Gasteiger partial charge in [0.25, 0.3) is 5.91 Å². The number of carbonyl (C=O) groups excluding carboxylic acids is 1. The third-order valence-electron chi connectivity index (χ3n) is 4.31. The minimum absolute atomic E-state index is 0.231. The number of benzene rings is 3. The number of rotatable bonds is 6. The number of ether oxygens (including phenoxy) is 1. The molecule has 9 nitrogen and oxygen atoms in total. The molecule has 0 aliphatic rings. The van der Waals surface area contributed by atoms with Crippen molar-refractivity contribution in [1.29, 1.82) is 0 Å². The quantitative estimate of drug-likeness (QED) is 0.331. The first-order valence-electron chi connectivity index (χ1n) is 9.00. The van der Waals surface area contributed by atoms with Crippen LogP contribution in [0.4, 0.5) is 11.5 Å². The Morgan fingerprint density at radius 2 is 1.81 bits per heavy atom. The molecule has 0 aliphatic carbocycles. The van der Waals surface area contributed by atoms with Crippen LogP contribution in [0.25, 0.3) is 10.8 Å². The molecule has 4 rings (SSSR count). The van der Waals surface area contributed by atoms with Crippen molar-refractivity contribution >= 4 is 39.8 Å². The van der Waals surface area contributed by atoms with E-state index in [9.17, 15) is 14.9 Å². The van der Waals surface area contributed by atoms with Crippen molar-refractivity contribution in [2.45, 2.75) is 0 Å². The van der Waals surface area contributed by atoms with Gasteiger partial charge in [0.15, 0.2) is 0 Å². The summed E-state index contributed by atoms with van der Waals surface area (Å²) in [6.45, 7) is 0. The zero-order valence-electron chi connectivity index (χ0n) is 15.8. The van der Waals surface area contributed by atoms with E-state index in [1.54, 1.807) is 30.3 Å². The van der Waals surface area contributed by atoms with Crippen molar-refractivity contribution in [3.05, 3.63) is 93.8 Å². The first-order valence-corrected chi connectivity index (χ1v) is 9.37. The highest BCUT2D eigenvalue weighted by Gasteiger charge is 2.26. The molecule has 154 valence electrons. The van der Waals surface area contributed by atoms with E-state index in [-0.39, 0.29) is 17.3 Å². The summed E-state index contributed by atoms with van der Waals surface area (Å²) >= 11 is 5.89. The first-order chi connectivity index (χ1) is 15.0. The van der Waals surface area contributed by atoms with Crippen LogP contribution in [-0.2, 0) is 0 Å². The lowest BCUT2D eigenvalue weighted by molar-refractivity contribution is -0.385. The van der Waals surface area contributed by atoms with Crippen LogP contribution in [0.3, 0.4) is 0 Å². The van der Waals surface area contributed by atoms with E-state index in [4.69, 9.17) is 16.3 Å². The first kappa shape index (κ1) is 20.0. The fourth-order valence-electron chi connectivity index (χ4n) is 2.90. The predicted molar refractivity (Wildman–Crippen MR) is 115 cm³/mol. The van der Waals surface area contributed by atoms with Crippen LogP contribution in [0.1, 0.15) is 10.4 Å². The van der Waals surface area contributed by atoms with Gasteiger partial charge in [0, 0.05) is 16.0 Å². The molecule has 0 unspecified atom stereocenters. The zero-order chi connectivity index (χ0) is 21.8. The van der Waals surface area contributed by atoms with E-state index in [0.29, 0.717) is 10.8 Å². The summed E-state index contributed by atoms with van der Waals surface area (Å²) in [5.41, 5.74) is 4.56. The molecule has 0 aliphatic heterocycles. The second-order valence-electron chi connectivity index (χ2n) is 6.30. The number of hydrazine groups is 1. The predicted octanol–water partition coefficient (Wildman–Crippen LogP) is 4.74. The Labute approximate surface area is 180 Å². The summed E-state index contributed by atoms with van der Waals surface area (Å²) in [4.78, 5) is 31.1. The topological polar surface area (TPSA) is 119 Å². The van der Waals surface area contributed by atoms with Gasteiger partial charge in [-0.3, -0.25) is 25.8 Å². The number of nitrogens with zero attached hydrogens (tertiary/aromatic N) is 3. The Balaban J connectivity index is 1.62. The number of carbonyl (C=O) groups is 1. The summed E-state index contributed by atoms with van der Waals surface area (Å²) in [5, 5.41) is 13.8. The average Bonchev–Trinajstić information content (AvgIpc) is 2.77. The van der Waals surface area contributed by atoms with Crippen molar-refractivity contribution in [3.8, 4) is 11.6 Å². The summed E-state index contributed by atoms with van der Waals surface area (Å²) in [6, 6.07) is 19.0. The molecule has 0 radical (unpaired) electrons. The van der Waals surface area contributed by atoms with Crippen LogP contribution >= 0.6 is 11.6 Å². The molecule has 0 saturated carbocycles. The van der Waals surface area contributed by atoms with Crippen LogP contribution < -0.4 is 15.6 Å². The van der Waals surface area contributed by atoms with Gasteiger partial charge in [-0.2, -0.15) is 4.98 Å². The number of hydrogen-bond donors (Lipinski definition) is 2. The lowest BCUT2D eigenvalue weighted by Gasteiger charge is -2.11. The van der Waals surface area contributed by atoms with Gasteiger partial charge in [-0.05, 0) is 29.7 Å². The maximum atomic E-state index is 12.3. The number of halogens is 1. The fourth-order valence-corrected chi connectivity index (χ4v) is 3.09. The molecule has 3 aromatic carbocycles. The monoisotopic (exact) mass is 435 g/mol.